The van der Waals surface area contributed by atoms with Crippen LogP contribution in [0.3, 0.4) is 0 Å². The molecule has 0 bridgehead atoms. The molecule has 3 heterocycles. The van der Waals surface area contributed by atoms with Crippen LogP contribution in [0.4, 0.5) is 0 Å². The molecule has 7 heteroatoms. The summed E-state index contributed by atoms with van der Waals surface area (Å²) in [5.41, 5.74) is 3.24. The van der Waals surface area contributed by atoms with Gasteiger partial charge in [0.25, 0.3) is 0 Å². The highest BCUT2D eigenvalue weighted by atomic mass is 16.5. The van der Waals surface area contributed by atoms with Crippen LogP contribution in [-0.2, 0) is 11.2 Å². The predicted octanol–water partition coefficient (Wildman–Crippen LogP) is 6.19. The normalized spacial score (nSPS) is 14.9. The number of nitrogens with zero attached hydrogens (tertiary/aromatic N) is 1. The largest absolute Gasteiger partial charge is 0.493 e. The Morgan fingerprint density at radius 2 is 1.89 bits per heavy atom. The lowest BCUT2D eigenvalue weighted by atomic mass is 9.78. The lowest BCUT2D eigenvalue weighted by molar-refractivity contribution is 0.0693. The van der Waals surface area contributed by atoms with Crippen LogP contribution in [0, 0.1) is 5.41 Å². The number of aromatic carboxylic acids is 1. The average Bonchev–Trinajstić information content (AvgIpc) is 3.28. The Morgan fingerprint density at radius 3 is 2.59 bits per heavy atom. The zero-order chi connectivity index (χ0) is 26.3. The molecule has 0 amide bonds. The summed E-state index contributed by atoms with van der Waals surface area (Å²) in [4.78, 5) is 24.6. The summed E-state index contributed by atoms with van der Waals surface area (Å²) in [5.74, 6) is 0.154. The first-order chi connectivity index (χ1) is 17.7. The summed E-state index contributed by atoms with van der Waals surface area (Å²) < 4.78 is 19.6. The van der Waals surface area contributed by atoms with Gasteiger partial charge in [-0.2, -0.15) is 0 Å². The van der Waals surface area contributed by atoms with Gasteiger partial charge in [-0.3, -0.25) is 4.79 Å². The number of furan rings is 1. The number of hydrogen-bond donors (Lipinski definition) is 1. The Bertz CT molecular complexity index is 1510. The first-order valence-electron chi connectivity index (χ1n) is 12.4. The fourth-order valence-electron chi connectivity index (χ4n) is 5.06. The molecule has 0 radical (unpaired) electrons. The first kappa shape index (κ1) is 24.8. The van der Waals surface area contributed by atoms with E-state index in [-0.39, 0.29) is 17.0 Å². The maximum Gasteiger partial charge on any atom is 0.341 e. The second-order valence-corrected chi connectivity index (χ2v) is 10.6. The van der Waals surface area contributed by atoms with E-state index in [1.165, 1.54) is 12.3 Å². The molecule has 37 heavy (non-hydrogen) atoms. The maximum absolute atomic E-state index is 12.8. The summed E-state index contributed by atoms with van der Waals surface area (Å²) in [7, 11) is 1.67. The summed E-state index contributed by atoms with van der Waals surface area (Å²) in [6.45, 7) is 7.45. The molecule has 0 spiro atoms. The van der Waals surface area contributed by atoms with Gasteiger partial charge < -0.3 is 23.6 Å². The van der Waals surface area contributed by atoms with Gasteiger partial charge in [0.05, 0.1) is 17.9 Å². The van der Waals surface area contributed by atoms with Crippen molar-refractivity contribution in [2.45, 2.75) is 39.7 Å². The molecular weight excluding hydrogens is 470 g/mol. The number of pyridine rings is 1. The van der Waals surface area contributed by atoms with Gasteiger partial charge in [-0.05, 0) is 41.7 Å². The number of carboxylic acid groups (broad SMARTS) is 1. The highest BCUT2D eigenvalue weighted by Gasteiger charge is 2.34. The van der Waals surface area contributed by atoms with Crippen LogP contribution in [0.25, 0.3) is 33.6 Å². The minimum absolute atomic E-state index is 0.0490. The smallest absolute Gasteiger partial charge is 0.341 e. The molecule has 0 unspecified atom stereocenters. The molecule has 5 rings (SSSR count). The molecule has 0 saturated carbocycles. The number of fused-ring (bicyclic) bond motifs is 4. The van der Waals surface area contributed by atoms with E-state index in [9.17, 15) is 14.7 Å². The van der Waals surface area contributed by atoms with Gasteiger partial charge in [0.2, 0.25) is 0 Å². The molecule has 1 aliphatic heterocycles. The van der Waals surface area contributed by atoms with E-state index in [1.807, 2.05) is 47.0 Å². The van der Waals surface area contributed by atoms with Crippen molar-refractivity contribution in [1.29, 1.82) is 0 Å². The van der Waals surface area contributed by atoms with Crippen LogP contribution in [0.5, 0.6) is 5.75 Å². The molecule has 192 valence electrons. The second-order valence-electron chi connectivity index (χ2n) is 10.6. The minimum Gasteiger partial charge on any atom is -0.493 e. The SMILES string of the molecule is COCCCOc1cc2c(cc1-c1cc3ccccc3o1)-c1cc(=O)c(C(=O)O)cn1[C@H](C(C)(C)C)C2. The van der Waals surface area contributed by atoms with Crippen molar-refractivity contribution in [2.75, 3.05) is 20.3 Å². The van der Waals surface area contributed by atoms with Crippen molar-refractivity contribution in [1.82, 2.24) is 4.57 Å². The van der Waals surface area contributed by atoms with Crippen molar-refractivity contribution in [2.24, 2.45) is 5.41 Å². The monoisotopic (exact) mass is 501 g/mol. The number of hydrogen-bond acceptors (Lipinski definition) is 5. The number of ether oxygens (including phenoxy) is 2. The van der Waals surface area contributed by atoms with E-state index < -0.39 is 11.4 Å². The van der Waals surface area contributed by atoms with Gasteiger partial charge in [0.15, 0.2) is 5.43 Å². The minimum atomic E-state index is -1.22. The average molecular weight is 502 g/mol. The number of benzene rings is 2. The molecule has 1 N–H and O–H groups in total. The van der Waals surface area contributed by atoms with Gasteiger partial charge in [-0.15, -0.1) is 0 Å². The molecule has 1 atom stereocenters. The Hall–Kier alpha value is -3.84. The molecule has 0 fully saturated rings. The highest BCUT2D eigenvalue weighted by Crippen LogP contribution is 2.46. The quantitative estimate of drug-likeness (QED) is 0.304. The number of aromatic nitrogens is 1. The molecule has 0 saturated heterocycles. The van der Waals surface area contributed by atoms with Crippen LogP contribution in [0.2, 0.25) is 0 Å². The van der Waals surface area contributed by atoms with Gasteiger partial charge in [0, 0.05) is 49.4 Å². The number of carboxylic acids is 1. The maximum atomic E-state index is 12.8. The summed E-state index contributed by atoms with van der Waals surface area (Å²) in [6, 6.07) is 15.2. The van der Waals surface area contributed by atoms with E-state index in [0.717, 1.165) is 34.1 Å². The Kier molecular flexibility index (Phi) is 6.42. The molecule has 0 aliphatic carbocycles. The summed E-state index contributed by atoms with van der Waals surface area (Å²) in [5, 5.41) is 10.6. The lowest BCUT2D eigenvalue weighted by Crippen LogP contribution is -2.32. The zero-order valence-electron chi connectivity index (χ0n) is 21.5. The topological polar surface area (TPSA) is 90.9 Å². The Balaban J connectivity index is 1.71. The van der Waals surface area contributed by atoms with Gasteiger partial charge in [-0.25, -0.2) is 4.79 Å². The van der Waals surface area contributed by atoms with E-state index >= 15 is 0 Å². The second kappa shape index (κ2) is 9.56. The first-order valence-corrected chi connectivity index (χ1v) is 12.4. The van der Waals surface area contributed by atoms with Crippen LogP contribution < -0.4 is 10.2 Å². The predicted molar refractivity (Wildman–Crippen MR) is 142 cm³/mol. The lowest BCUT2D eigenvalue weighted by Gasteiger charge is -2.39. The van der Waals surface area contributed by atoms with E-state index in [0.29, 0.717) is 36.8 Å². The van der Waals surface area contributed by atoms with Crippen molar-refractivity contribution in [3.63, 3.8) is 0 Å². The molecule has 2 aromatic carbocycles. The third kappa shape index (κ3) is 4.67. The molecular formula is C30H31NO6. The number of rotatable bonds is 7. The van der Waals surface area contributed by atoms with Gasteiger partial charge in [-0.1, -0.05) is 39.0 Å². The highest BCUT2D eigenvalue weighted by molar-refractivity contribution is 5.89. The molecule has 7 nitrogen and oxygen atoms in total. The Morgan fingerprint density at radius 1 is 1.11 bits per heavy atom. The molecule has 1 aliphatic rings. The van der Waals surface area contributed by atoms with Crippen molar-refractivity contribution in [3.8, 4) is 28.3 Å². The number of para-hydroxylation sites is 1. The van der Waals surface area contributed by atoms with Crippen LogP contribution in [0.1, 0.15) is 49.2 Å². The third-order valence-electron chi connectivity index (χ3n) is 6.98. The fourth-order valence-corrected chi connectivity index (χ4v) is 5.06. The van der Waals surface area contributed by atoms with E-state index in [2.05, 4.69) is 20.8 Å². The third-order valence-corrected chi connectivity index (χ3v) is 6.98. The van der Waals surface area contributed by atoms with E-state index in [1.54, 1.807) is 7.11 Å². The zero-order valence-corrected chi connectivity index (χ0v) is 21.5. The van der Waals surface area contributed by atoms with Crippen LogP contribution in [0.15, 0.2) is 63.9 Å². The van der Waals surface area contributed by atoms with Crippen LogP contribution in [-0.4, -0.2) is 36.0 Å². The van der Waals surface area contributed by atoms with E-state index in [4.69, 9.17) is 13.9 Å². The molecule has 2 aromatic heterocycles. The van der Waals surface area contributed by atoms with Gasteiger partial charge >= 0.3 is 5.97 Å². The number of methoxy groups -OCH3 is 1. The van der Waals surface area contributed by atoms with Gasteiger partial charge in [0.1, 0.15) is 22.7 Å². The van der Waals surface area contributed by atoms with Crippen molar-refractivity contribution in [3.05, 3.63) is 76.1 Å². The standard InChI is InChI=1S/C30H31NO6/c1-30(2,3)28-14-19-13-26(36-11-7-10-35-4)21(27-12-18-8-5-6-9-25(18)37-27)15-20(19)23-16-24(32)22(29(33)34)17-31(23)28/h5-6,8-9,12-13,15-17,28H,7,10-11,14H2,1-4H3,(H,33,34)/t28-/m0/s1. The number of carbonyl (C=O) groups is 1. The van der Waals surface area contributed by atoms with Crippen molar-refractivity contribution >= 4 is 16.9 Å². The fraction of sp³-hybridized carbons (Fsp3) is 0.333. The van der Waals surface area contributed by atoms with Crippen LogP contribution >= 0.6 is 0 Å². The summed E-state index contributed by atoms with van der Waals surface area (Å²) in [6.07, 6.45) is 2.91. The molecule has 4 aromatic rings. The van der Waals surface area contributed by atoms with Crippen molar-refractivity contribution < 1.29 is 23.8 Å². The summed E-state index contributed by atoms with van der Waals surface area (Å²) >= 11 is 0. The Labute approximate surface area is 215 Å².